The molecule has 6 nitrogen and oxygen atoms in total. The zero-order valence-corrected chi connectivity index (χ0v) is 16.3. The highest BCUT2D eigenvalue weighted by Crippen LogP contribution is 2.33. The lowest BCUT2D eigenvalue weighted by molar-refractivity contribution is -0.123. The molecule has 144 valence electrons. The SMILES string of the molecule is C[C@@H]1CN(c2ccc(O)c(NC(=O)C(C)(C)C)n2)[C@H](c2ccccc2)CO1. The number of aromatic nitrogens is 1. The van der Waals surface area contributed by atoms with E-state index in [-0.39, 0.29) is 29.6 Å². The Morgan fingerprint density at radius 3 is 2.59 bits per heavy atom. The Balaban J connectivity index is 1.93. The second-order valence-electron chi connectivity index (χ2n) is 7.96. The summed E-state index contributed by atoms with van der Waals surface area (Å²) < 4.78 is 5.87. The van der Waals surface area contributed by atoms with Gasteiger partial charge in [-0.1, -0.05) is 51.1 Å². The Morgan fingerprint density at radius 2 is 1.93 bits per heavy atom. The zero-order chi connectivity index (χ0) is 19.6. The van der Waals surface area contributed by atoms with E-state index in [0.717, 1.165) is 5.56 Å². The highest BCUT2D eigenvalue weighted by atomic mass is 16.5. The average molecular weight is 369 g/mol. The number of carbonyl (C=O) groups excluding carboxylic acids is 1. The zero-order valence-electron chi connectivity index (χ0n) is 16.3. The van der Waals surface area contributed by atoms with Crippen LogP contribution < -0.4 is 10.2 Å². The van der Waals surface area contributed by atoms with E-state index in [1.54, 1.807) is 12.1 Å². The number of nitrogens with zero attached hydrogens (tertiary/aromatic N) is 2. The van der Waals surface area contributed by atoms with Gasteiger partial charge in [0.15, 0.2) is 11.6 Å². The van der Waals surface area contributed by atoms with Gasteiger partial charge in [0, 0.05) is 12.0 Å². The number of amides is 1. The lowest BCUT2D eigenvalue weighted by atomic mass is 9.96. The third kappa shape index (κ3) is 4.39. The van der Waals surface area contributed by atoms with Gasteiger partial charge < -0.3 is 20.1 Å². The van der Waals surface area contributed by atoms with Gasteiger partial charge in [-0.2, -0.15) is 0 Å². The monoisotopic (exact) mass is 369 g/mol. The van der Waals surface area contributed by atoms with Crippen LogP contribution in [0.1, 0.15) is 39.3 Å². The molecule has 2 N–H and O–H groups in total. The largest absolute Gasteiger partial charge is 0.504 e. The molecule has 2 aromatic rings. The van der Waals surface area contributed by atoms with Crippen LogP contribution in [-0.2, 0) is 9.53 Å². The number of aromatic hydroxyl groups is 1. The van der Waals surface area contributed by atoms with Gasteiger partial charge in [-0.05, 0) is 24.6 Å². The highest BCUT2D eigenvalue weighted by molar-refractivity contribution is 5.94. The van der Waals surface area contributed by atoms with Crippen LogP contribution in [0.2, 0.25) is 0 Å². The molecule has 1 aromatic heterocycles. The molecule has 27 heavy (non-hydrogen) atoms. The molecular weight excluding hydrogens is 342 g/mol. The summed E-state index contributed by atoms with van der Waals surface area (Å²) >= 11 is 0. The van der Waals surface area contributed by atoms with Gasteiger partial charge in [0.1, 0.15) is 5.82 Å². The molecule has 1 amide bonds. The van der Waals surface area contributed by atoms with Crippen LogP contribution in [0.15, 0.2) is 42.5 Å². The Hall–Kier alpha value is -2.60. The van der Waals surface area contributed by atoms with Crippen LogP contribution in [0.25, 0.3) is 0 Å². The quantitative estimate of drug-likeness (QED) is 0.862. The van der Waals surface area contributed by atoms with E-state index in [4.69, 9.17) is 4.74 Å². The van der Waals surface area contributed by atoms with Gasteiger partial charge in [-0.25, -0.2) is 4.98 Å². The number of pyridine rings is 1. The number of hydrogen-bond donors (Lipinski definition) is 2. The van der Waals surface area contributed by atoms with E-state index >= 15 is 0 Å². The van der Waals surface area contributed by atoms with Gasteiger partial charge in [-0.15, -0.1) is 0 Å². The maximum absolute atomic E-state index is 12.3. The van der Waals surface area contributed by atoms with Crippen molar-refractivity contribution < 1.29 is 14.6 Å². The number of carbonyl (C=O) groups is 1. The minimum Gasteiger partial charge on any atom is -0.504 e. The van der Waals surface area contributed by atoms with Crippen LogP contribution in [0.3, 0.4) is 0 Å². The maximum Gasteiger partial charge on any atom is 0.231 e. The molecule has 0 aliphatic carbocycles. The number of nitrogens with one attached hydrogen (secondary N) is 1. The Kier molecular flexibility index (Phi) is 5.37. The lowest BCUT2D eigenvalue weighted by Gasteiger charge is -2.40. The van der Waals surface area contributed by atoms with Crippen LogP contribution in [0.4, 0.5) is 11.6 Å². The molecule has 0 unspecified atom stereocenters. The Morgan fingerprint density at radius 1 is 1.22 bits per heavy atom. The van der Waals surface area contributed by atoms with Gasteiger partial charge in [0.2, 0.25) is 5.91 Å². The molecule has 6 heteroatoms. The van der Waals surface area contributed by atoms with Crippen LogP contribution in [0, 0.1) is 5.41 Å². The minimum absolute atomic E-state index is 0.0191. The molecule has 2 atom stereocenters. The first kappa shape index (κ1) is 19.2. The molecule has 1 saturated heterocycles. The first-order chi connectivity index (χ1) is 12.8. The van der Waals surface area contributed by atoms with Crippen molar-refractivity contribution in [2.24, 2.45) is 5.41 Å². The normalized spacial score (nSPS) is 20.4. The molecular formula is C21H27N3O3. The summed E-state index contributed by atoms with van der Waals surface area (Å²) in [6.45, 7) is 8.70. The van der Waals surface area contributed by atoms with Crippen molar-refractivity contribution in [1.29, 1.82) is 0 Å². The van der Waals surface area contributed by atoms with Gasteiger partial charge in [-0.3, -0.25) is 4.79 Å². The molecule has 0 radical (unpaired) electrons. The highest BCUT2D eigenvalue weighted by Gasteiger charge is 2.30. The number of morpholine rings is 1. The van der Waals surface area contributed by atoms with E-state index in [2.05, 4.69) is 27.3 Å². The molecule has 2 heterocycles. The van der Waals surface area contributed by atoms with Crippen molar-refractivity contribution in [1.82, 2.24) is 4.98 Å². The second-order valence-corrected chi connectivity index (χ2v) is 7.96. The van der Waals surface area contributed by atoms with Gasteiger partial charge in [0.05, 0.1) is 18.8 Å². The summed E-state index contributed by atoms with van der Waals surface area (Å²) in [4.78, 5) is 19.0. The number of ether oxygens (including phenoxy) is 1. The second kappa shape index (κ2) is 7.56. The van der Waals surface area contributed by atoms with E-state index < -0.39 is 5.41 Å². The van der Waals surface area contributed by atoms with E-state index in [1.165, 1.54) is 0 Å². The molecule has 1 aliphatic heterocycles. The molecule has 0 spiro atoms. The standard InChI is InChI=1S/C21H27N3O3/c1-14-12-24(16(13-27-14)15-8-6-5-7-9-15)18-11-10-17(25)19(22-18)23-20(26)21(2,3)4/h5-11,14,16,25H,12-13H2,1-4H3,(H,22,23,26)/t14-,16+/m1/s1. The fourth-order valence-corrected chi connectivity index (χ4v) is 3.00. The molecule has 1 aliphatic rings. The van der Waals surface area contributed by atoms with Crippen molar-refractivity contribution in [3.8, 4) is 5.75 Å². The number of hydrogen-bond acceptors (Lipinski definition) is 5. The van der Waals surface area contributed by atoms with Crippen molar-refractivity contribution in [3.05, 3.63) is 48.0 Å². The summed E-state index contributed by atoms with van der Waals surface area (Å²) in [6.07, 6.45) is 0.0631. The summed E-state index contributed by atoms with van der Waals surface area (Å²) in [7, 11) is 0. The molecule has 3 rings (SSSR count). The summed E-state index contributed by atoms with van der Waals surface area (Å²) in [5.41, 5.74) is 0.559. The Bertz CT molecular complexity index is 802. The third-order valence-corrected chi connectivity index (χ3v) is 4.62. The number of benzene rings is 1. The first-order valence-corrected chi connectivity index (χ1v) is 9.20. The van der Waals surface area contributed by atoms with Crippen molar-refractivity contribution in [3.63, 3.8) is 0 Å². The first-order valence-electron chi connectivity index (χ1n) is 9.20. The lowest BCUT2D eigenvalue weighted by Crippen LogP contribution is -2.44. The van der Waals surface area contributed by atoms with Crippen LogP contribution in [0.5, 0.6) is 5.75 Å². The van der Waals surface area contributed by atoms with Crippen molar-refractivity contribution in [2.75, 3.05) is 23.4 Å². The summed E-state index contributed by atoms with van der Waals surface area (Å²) in [5, 5.41) is 12.9. The third-order valence-electron chi connectivity index (χ3n) is 4.62. The molecule has 0 saturated carbocycles. The summed E-state index contributed by atoms with van der Waals surface area (Å²) in [6, 6.07) is 13.5. The Labute approximate surface area is 160 Å². The molecule has 1 fully saturated rings. The van der Waals surface area contributed by atoms with Gasteiger partial charge in [0.25, 0.3) is 0 Å². The minimum atomic E-state index is -0.579. The van der Waals surface area contributed by atoms with E-state index in [9.17, 15) is 9.90 Å². The maximum atomic E-state index is 12.3. The van der Waals surface area contributed by atoms with Crippen molar-refractivity contribution in [2.45, 2.75) is 39.8 Å². The average Bonchev–Trinajstić information content (AvgIpc) is 2.63. The summed E-state index contributed by atoms with van der Waals surface area (Å²) in [5.74, 6) is 0.630. The predicted octanol–water partition coefficient (Wildman–Crippen LogP) is 3.74. The predicted molar refractivity (Wildman–Crippen MR) is 106 cm³/mol. The van der Waals surface area contributed by atoms with Crippen molar-refractivity contribution >= 4 is 17.5 Å². The molecule has 1 aromatic carbocycles. The smallest absolute Gasteiger partial charge is 0.231 e. The van der Waals surface area contributed by atoms with Crippen LogP contribution in [-0.4, -0.2) is 35.3 Å². The fraction of sp³-hybridized carbons (Fsp3) is 0.429. The van der Waals surface area contributed by atoms with Crippen LogP contribution >= 0.6 is 0 Å². The fourth-order valence-electron chi connectivity index (χ4n) is 3.00. The van der Waals surface area contributed by atoms with Gasteiger partial charge >= 0.3 is 0 Å². The van der Waals surface area contributed by atoms with E-state index in [1.807, 2.05) is 45.9 Å². The number of anilines is 2. The number of rotatable bonds is 3. The molecule has 0 bridgehead atoms. The topological polar surface area (TPSA) is 74.7 Å². The van der Waals surface area contributed by atoms with E-state index in [0.29, 0.717) is 19.0 Å².